The van der Waals surface area contributed by atoms with E-state index < -0.39 is 5.82 Å². The number of amides is 2. The van der Waals surface area contributed by atoms with Gasteiger partial charge in [-0.15, -0.1) is 11.3 Å². The van der Waals surface area contributed by atoms with Crippen molar-refractivity contribution in [2.24, 2.45) is 0 Å². The summed E-state index contributed by atoms with van der Waals surface area (Å²) in [5.74, 6) is -0.0548. The van der Waals surface area contributed by atoms with Crippen molar-refractivity contribution in [3.05, 3.63) is 35.6 Å². The molecule has 6 nitrogen and oxygen atoms in total. The molecule has 0 saturated carbocycles. The zero-order valence-corrected chi connectivity index (χ0v) is 14.2. The van der Waals surface area contributed by atoms with Crippen molar-refractivity contribution in [1.82, 2.24) is 9.88 Å². The maximum Gasteiger partial charge on any atom is 0.322 e. The number of nitrogens with one attached hydrogen (secondary N) is 1. The molecule has 1 aromatic heterocycles. The van der Waals surface area contributed by atoms with Gasteiger partial charge < -0.3 is 19.9 Å². The first kappa shape index (κ1) is 16.5. The summed E-state index contributed by atoms with van der Waals surface area (Å²) in [4.78, 5) is 20.6. The Morgan fingerprint density at radius 3 is 2.83 bits per heavy atom. The average molecular weight is 350 g/mol. The van der Waals surface area contributed by atoms with Crippen LogP contribution in [0.4, 0.5) is 20.0 Å². The maximum atomic E-state index is 13.3. The molecule has 1 aliphatic rings. The second-order valence-electron chi connectivity index (χ2n) is 5.29. The Kier molecular flexibility index (Phi) is 5.14. The highest BCUT2D eigenvalue weighted by Gasteiger charge is 2.23. The number of carbonyl (C=O) groups is 1. The number of hydrogen-bond acceptors (Lipinski definition) is 5. The van der Waals surface area contributed by atoms with Crippen LogP contribution in [0.5, 0.6) is 5.75 Å². The minimum atomic E-state index is -0.395. The van der Waals surface area contributed by atoms with Crippen LogP contribution >= 0.6 is 11.3 Å². The number of hydrogen-bond donors (Lipinski definition) is 1. The molecule has 2 aromatic rings. The normalized spacial score (nSPS) is 14.6. The molecule has 128 valence electrons. The van der Waals surface area contributed by atoms with Crippen LogP contribution in [0.2, 0.25) is 0 Å². The van der Waals surface area contributed by atoms with Gasteiger partial charge in [0, 0.05) is 43.8 Å². The van der Waals surface area contributed by atoms with Gasteiger partial charge in [0.25, 0.3) is 0 Å². The summed E-state index contributed by atoms with van der Waals surface area (Å²) >= 11 is 1.59. The second kappa shape index (κ2) is 7.48. The van der Waals surface area contributed by atoms with Crippen LogP contribution in [0, 0.1) is 5.82 Å². The van der Waals surface area contributed by atoms with E-state index in [0.717, 1.165) is 18.2 Å². The van der Waals surface area contributed by atoms with Gasteiger partial charge in [-0.2, -0.15) is 0 Å². The molecule has 1 saturated heterocycles. The molecule has 2 heterocycles. The number of piperazine rings is 1. The van der Waals surface area contributed by atoms with E-state index in [4.69, 9.17) is 4.74 Å². The summed E-state index contributed by atoms with van der Waals surface area (Å²) < 4.78 is 18.7. The lowest BCUT2D eigenvalue weighted by atomic mass is 10.2. The Morgan fingerprint density at radius 2 is 2.17 bits per heavy atom. The molecule has 0 bridgehead atoms. The van der Waals surface area contributed by atoms with Crippen LogP contribution in [0.25, 0.3) is 0 Å². The molecule has 3 rings (SSSR count). The Bertz CT molecular complexity index is 687. The lowest BCUT2D eigenvalue weighted by molar-refractivity contribution is 0.208. The molecular weight excluding hydrogens is 331 g/mol. The standard InChI is InChI=1S/C16H19FN4O2S/c1-2-23-14-11-12(17)3-4-13(14)19-15(22)20-6-8-21(9-7-20)16-18-5-10-24-16/h3-5,10-11H,2,6-9H2,1H3,(H,19,22). The summed E-state index contributed by atoms with van der Waals surface area (Å²) in [5.41, 5.74) is 0.477. The highest BCUT2D eigenvalue weighted by molar-refractivity contribution is 7.13. The van der Waals surface area contributed by atoms with Gasteiger partial charge in [0.2, 0.25) is 0 Å². The van der Waals surface area contributed by atoms with Crippen molar-refractivity contribution >= 4 is 28.2 Å². The Morgan fingerprint density at radius 1 is 1.38 bits per heavy atom. The van der Waals surface area contributed by atoms with Gasteiger partial charge in [0.15, 0.2) is 5.13 Å². The van der Waals surface area contributed by atoms with E-state index in [1.165, 1.54) is 18.2 Å². The highest BCUT2D eigenvalue weighted by atomic mass is 32.1. The molecule has 1 aliphatic heterocycles. The van der Waals surface area contributed by atoms with Crippen molar-refractivity contribution in [1.29, 1.82) is 0 Å². The second-order valence-corrected chi connectivity index (χ2v) is 6.17. The van der Waals surface area contributed by atoms with Gasteiger partial charge >= 0.3 is 6.03 Å². The molecule has 24 heavy (non-hydrogen) atoms. The van der Waals surface area contributed by atoms with E-state index in [2.05, 4.69) is 15.2 Å². The van der Waals surface area contributed by atoms with Crippen LogP contribution < -0.4 is 15.0 Å². The largest absolute Gasteiger partial charge is 0.492 e. The highest BCUT2D eigenvalue weighted by Crippen LogP contribution is 2.26. The molecule has 2 amide bonds. The van der Waals surface area contributed by atoms with Gasteiger partial charge in [-0.25, -0.2) is 14.2 Å². The first-order valence-corrected chi connectivity index (χ1v) is 8.68. The lowest BCUT2D eigenvalue weighted by Gasteiger charge is -2.34. The molecule has 0 radical (unpaired) electrons. The van der Waals surface area contributed by atoms with Gasteiger partial charge in [-0.1, -0.05) is 0 Å². The zero-order valence-electron chi connectivity index (χ0n) is 13.4. The number of halogens is 1. The van der Waals surface area contributed by atoms with Crippen molar-refractivity contribution in [2.75, 3.05) is 43.0 Å². The molecule has 8 heteroatoms. The van der Waals surface area contributed by atoms with Crippen LogP contribution in [0.1, 0.15) is 6.92 Å². The quantitative estimate of drug-likeness (QED) is 0.921. The van der Waals surface area contributed by atoms with Gasteiger partial charge in [0.1, 0.15) is 11.6 Å². The van der Waals surface area contributed by atoms with Crippen LogP contribution in [-0.2, 0) is 0 Å². The topological polar surface area (TPSA) is 57.7 Å². The molecule has 1 N–H and O–H groups in total. The van der Waals surface area contributed by atoms with E-state index in [1.807, 2.05) is 12.3 Å². The minimum Gasteiger partial charge on any atom is -0.492 e. The number of urea groups is 1. The van der Waals surface area contributed by atoms with Crippen LogP contribution in [-0.4, -0.2) is 48.7 Å². The minimum absolute atomic E-state index is 0.207. The number of thiazole rings is 1. The number of nitrogens with zero attached hydrogens (tertiary/aromatic N) is 3. The Hall–Kier alpha value is -2.35. The fraction of sp³-hybridized carbons (Fsp3) is 0.375. The molecule has 0 aliphatic carbocycles. The van der Waals surface area contributed by atoms with E-state index >= 15 is 0 Å². The van der Waals surface area contributed by atoms with Crippen molar-refractivity contribution in [2.45, 2.75) is 6.92 Å². The first-order valence-electron chi connectivity index (χ1n) is 7.80. The summed E-state index contributed by atoms with van der Waals surface area (Å²) in [5, 5.41) is 5.73. The average Bonchev–Trinajstić information content (AvgIpc) is 3.12. The van der Waals surface area contributed by atoms with Gasteiger partial charge in [0.05, 0.1) is 12.3 Å². The maximum absolute atomic E-state index is 13.3. The molecule has 1 aromatic carbocycles. The molecule has 0 unspecified atom stereocenters. The van der Waals surface area contributed by atoms with Crippen LogP contribution in [0.15, 0.2) is 29.8 Å². The monoisotopic (exact) mass is 350 g/mol. The van der Waals surface area contributed by atoms with Crippen molar-refractivity contribution in [3.63, 3.8) is 0 Å². The predicted molar refractivity (Wildman–Crippen MR) is 92.5 cm³/mol. The molecule has 1 fully saturated rings. The lowest BCUT2D eigenvalue weighted by Crippen LogP contribution is -2.50. The molecule has 0 spiro atoms. The summed E-state index contributed by atoms with van der Waals surface area (Å²) in [6.07, 6.45) is 1.78. The van der Waals surface area contributed by atoms with Gasteiger partial charge in [-0.05, 0) is 19.1 Å². The summed E-state index contributed by atoms with van der Waals surface area (Å²) in [6.45, 7) is 4.91. The third kappa shape index (κ3) is 3.76. The third-order valence-corrected chi connectivity index (χ3v) is 4.57. The molecule has 0 atom stereocenters. The zero-order chi connectivity index (χ0) is 16.9. The number of rotatable bonds is 4. The number of carbonyl (C=O) groups excluding carboxylic acids is 1. The van der Waals surface area contributed by atoms with Crippen molar-refractivity contribution < 1.29 is 13.9 Å². The first-order chi connectivity index (χ1) is 11.7. The number of ether oxygens (including phenoxy) is 1. The molecular formula is C16H19FN4O2S. The smallest absolute Gasteiger partial charge is 0.322 e. The van der Waals surface area contributed by atoms with Crippen LogP contribution in [0.3, 0.4) is 0 Å². The Labute approximate surface area is 143 Å². The number of aromatic nitrogens is 1. The number of anilines is 2. The van der Waals surface area contributed by atoms with E-state index in [9.17, 15) is 9.18 Å². The fourth-order valence-corrected chi connectivity index (χ4v) is 3.24. The summed E-state index contributed by atoms with van der Waals surface area (Å²) in [6, 6.07) is 3.89. The van der Waals surface area contributed by atoms with Gasteiger partial charge in [-0.3, -0.25) is 0 Å². The fourth-order valence-electron chi connectivity index (χ4n) is 2.54. The number of benzene rings is 1. The van der Waals surface area contributed by atoms with Crippen molar-refractivity contribution in [3.8, 4) is 5.75 Å². The van der Waals surface area contributed by atoms with E-state index in [0.29, 0.717) is 31.1 Å². The van der Waals surface area contributed by atoms with E-state index in [1.54, 1.807) is 22.4 Å². The predicted octanol–water partition coefficient (Wildman–Crippen LogP) is 3.04. The third-order valence-electron chi connectivity index (χ3n) is 3.74. The SMILES string of the molecule is CCOc1cc(F)ccc1NC(=O)N1CCN(c2nccs2)CC1. The Balaban J connectivity index is 1.60. The summed E-state index contributed by atoms with van der Waals surface area (Å²) in [7, 11) is 0. The van der Waals surface area contributed by atoms with E-state index in [-0.39, 0.29) is 6.03 Å².